The van der Waals surface area contributed by atoms with E-state index in [1.807, 2.05) is 36.2 Å². The minimum atomic E-state index is 0.662. The third-order valence-corrected chi connectivity index (χ3v) is 3.26. The number of rotatable bonds is 3. The van der Waals surface area contributed by atoms with Crippen LogP contribution in [0.4, 0.5) is 11.5 Å². The zero-order valence-corrected chi connectivity index (χ0v) is 12.4. The van der Waals surface area contributed by atoms with Crippen LogP contribution in [0.3, 0.4) is 0 Å². The first-order valence-electron chi connectivity index (χ1n) is 5.30. The van der Waals surface area contributed by atoms with Crippen molar-refractivity contribution in [1.82, 2.24) is 4.98 Å². The summed E-state index contributed by atoms with van der Waals surface area (Å²) >= 11 is 9.38. The van der Waals surface area contributed by atoms with Gasteiger partial charge in [-0.15, -0.1) is 0 Å². The fourth-order valence-corrected chi connectivity index (χ4v) is 2.02. The largest absolute Gasteiger partial charge is 0.495 e. The molecule has 0 aliphatic rings. The first-order valence-corrected chi connectivity index (χ1v) is 6.47. The van der Waals surface area contributed by atoms with Crippen molar-refractivity contribution in [2.75, 3.05) is 19.1 Å². The SMILES string of the molecule is COc1ccc(Cl)cc1N(C)c1ccc(Br)cn1. The Morgan fingerprint density at radius 3 is 2.67 bits per heavy atom. The third-order valence-electron chi connectivity index (χ3n) is 2.56. The number of nitrogens with zero attached hydrogens (tertiary/aromatic N) is 2. The van der Waals surface area contributed by atoms with Gasteiger partial charge in [0.1, 0.15) is 11.6 Å². The van der Waals surface area contributed by atoms with Crippen LogP contribution in [0.15, 0.2) is 41.0 Å². The van der Waals surface area contributed by atoms with Gasteiger partial charge in [0.15, 0.2) is 0 Å². The maximum Gasteiger partial charge on any atom is 0.142 e. The van der Waals surface area contributed by atoms with Crippen LogP contribution in [-0.2, 0) is 0 Å². The summed E-state index contributed by atoms with van der Waals surface area (Å²) in [6, 6.07) is 9.35. The average molecular weight is 328 g/mol. The minimum Gasteiger partial charge on any atom is -0.495 e. The third kappa shape index (κ3) is 2.76. The number of pyridine rings is 1. The van der Waals surface area contributed by atoms with E-state index in [2.05, 4.69) is 20.9 Å². The Kier molecular flexibility index (Phi) is 4.09. The van der Waals surface area contributed by atoms with Crippen LogP contribution in [0.1, 0.15) is 0 Å². The second-order valence-corrected chi connectivity index (χ2v) is 5.06. The lowest BCUT2D eigenvalue weighted by molar-refractivity contribution is 0.415. The summed E-state index contributed by atoms with van der Waals surface area (Å²) in [7, 11) is 3.56. The van der Waals surface area contributed by atoms with Gasteiger partial charge >= 0.3 is 0 Å². The molecule has 0 N–H and O–H groups in total. The highest BCUT2D eigenvalue weighted by Crippen LogP contribution is 2.34. The van der Waals surface area contributed by atoms with Crippen molar-refractivity contribution in [3.63, 3.8) is 0 Å². The Morgan fingerprint density at radius 2 is 2.06 bits per heavy atom. The molecule has 0 atom stereocenters. The number of benzene rings is 1. The van der Waals surface area contributed by atoms with E-state index in [1.165, 1.54) is 0 Å². The summed E-state index contributed by atoms with van der Waals surface area (Å²) in [5.41, 5.74) is 0.875. The maximum absolute atomic E-state index is 6.02. The number of anilines is 2. The molecule has 0 saturated carbocycles. The highest BCUT2D eigenvalue weighted by molar-refractivity contribution is 9.10. The molecule has 2 aromatic rings. The van der Waals surface area contributed by atoms with Crippen molar-refractivity contribution in [3.05, 3.63) is 46.0 Å². The van der Waals surface area contributed by atoms with Crippen molar-refractivity contribution < 1.29 is 4.74 Å². The average Bonchev–Trinajstić information content (AvgIpc) is 2.39. The second kappa shape index (κ2) is 5.59. The maximum atomic E-state index is 6.02. The summed E-state index contributed by atoms with van der Waals surface area (Å²) < 4.78 is 6.27. The first-order chi connectivity index (χ1) is 8.61. The van der Waals surface area contributed by atoms with Gasteiger partial charge in [0, 0.05) is 22.7 Å². The molecule has 1 aromatic carbocycles. The van der Waals surface area contributed by atoms with Gasteiger partial charge in [0.25, 0.3) is 0 Å². The molecule has 5 heteroatoms. The predicted molar refractivity (Wildman–Crippen MR) is 78.0 cm³/mol. The summed E-state index contributed by atoms with van der Waals surface area (Å²) in [6.45, 7) is 0. The molecule has 1 heterocycles. The van der Waals surface area contributed by atoms with E-state index in [0.717, 1.165) is 21.7 Å². The van der Waals surface area contributed by atoms with Gasteiger partial charge in [-0.3, -0.25) is 0 Å². The number of ether oxygens (including phenoxy) is 1. The first kappa shape index (κ1) is 13.2. The molecule has 0 radical (unpaired) electrons. The molecule has 94 valence electrons. The molecule has 0 amide bonds. The summed E-state index contributed by atoms with van der Waals surface area (Å²) in [6.07, 6.45) is 1.75. The molecule has 0 spiro atoms. The lowest BCUT2D eigenvalue weighted by atomic mass is 10.2. The van der Waals surface area contributed by atoms with Crippen molar-refractivity contribution in [2.24, 2.45) is 0 Å². The van der Waals surface area contributed by atoms with Gasteiger partial charge in [0.05, 0.1) is 12.8 Å². The van der Waals surface area contributed by atoms with Crippen molar-refractivity contribution in [1.29, 1.82) is 0 Å². The van der Waals surface area contributed by atoms with Crippen LogP contribution >= 0.6 is 27.5 Å². The van der Waals surface area contributed by atoms with E-state index in [1.54, 1.807) is 19.4 Å². The second-order valence-electron chi connectivity index (χ2n) is 3.71. The van der Waals surface area contributed by atoms with E-state index in [4.69, 9.17) is 16.3 Å². The zero-order valence-electron chi connectivity index (χ0n) is 10.0. The monoisotopic (exact) mass is 326 g/mol. The lowest BCUT2D eigenvalue weighted by Gasteiger charge is -2.21. The van der Waals surface area contributed by atoms with Crippen molar-refractivity contribution in [3.8, 4) is 5.75 Å². The minimum absolute atomic E-state index is 0.662. The number of aromatic nitrogens is 1. The summed E-state index contributed by atoms with van der Waals surface area (Å²) in [4.78, 5) is 6.27. The molecule has 18 heavy (non-hydrogen) atoms. The smallest absolute Gasteiger partial charge is 0.142 e. The van der Waals surface area contributed by atoms with Crippen LogP contribution < -0.4 is 9.64 Å². The Morgan fingerprint density at radius 1 is 1.28 bits per heavy atom. The van der Waals surface area contributed by atoms with Crippen LogP contribution in [-0.4, -0.2) is 19.1 Å². The predicted octanol–water partition coefficient (Wildman–Crippen LogP) is 4.27. The van der Waals surface area contributed by atoms with Crippen molar-refractivity contribution in [2.45, 2.75) is 0 Å². The number of hydrogen-bond acceptors (Lipinski definition) is 3. The Bertz CT molecular complexity index is 545. The molecule has 0 aliphatic carbocycles. The topological polar surface area (TPSA) is 25.4 Å². The van der Waals surface area contributed by atoms with Gasteiger partial charge in [-0.2, -0.15) is 0 Å². The highest BCUT2D eigenvalue weighted by Gasteiger charge is 2.11. The quantitative estimate of drug-likeness (QED) is 0.841. The van der Waals surface area contributed by atoms with E-state index in [0.29, 0.717) is 5.02 Å². The van der Waals surface area contributed by atoms with E-state index < -0.39 is 0 Å². The summed E-state index contributed by atoms with van der Waals surface area (Å²) in [5, 5.41) is 0.662. The normalized spacial score (nSPS) is 10.2. The molecular formula is C13H12BrClN2O. The highest BCUT2D eigenvalue weighted by atomic mass is 79.9. The van der Waals surface area contributed by atoms with E-state index in [9.17, 15) is 0 Å². The van der Waals surface area contributed by atoms with Crippen LogP contribution in [0.2, 0.25) is 5.02 Å². The molecule has 0 fully saturated rings. The lowest BCUT2D eigenvalue weighted by Crippen LogP contribution is -2.12. The van der Waals surface area contributed by atoms with Gasteiger partial charge in [-0.25, -0.2) is 4.98 Å². The molecule has 0 aliphatic heterocycles. The molecule has 1 aromatic heterocycles. The van der Waals surface area contributed by atoms with Gasteiger partial charge in [0.2, 0.25) is 0 Å². The van der Waals surface area contributed by atoms with Crippen molar-refractivity contribution >= 4 is 39.0 Å². The standard InChI is InChI=1S/C13H12BrClN2O/c1-17(13-6-3-9(14)8-16-13)11-7-10(15)4-5-12(11)18-2/h3-8H,1-2H3. The Hall–Kier alpha value is -1.26. The molecular weight excluding hydrogens is 316 g/mol. The van der Waals surface area contributed by atoms with Gasteiger partial charge in [-0.05, 0) is 46.3 Å². The molecule has 2 rings (SSSR count). The van der Waals surface area contributed by atoms with Crippen LogP contribution in [0.5, 0.6) is 5.75 Å². The number of halogens is 2. The van der Waals surface area contributed by atoms with E-state index in [-0.39, 0.29) is 0 Å². The summed E-state index contributed by atoms with van der Waals surface area (Å²) in [5.74, 6) is 1.57. The Balaban J connectivity index is 2.41. The fourth-order valence-electron chi connectivity index (χ4n) is 1.62. The van der Waals surface area contributed by atoms with Crippen LogP contribution in [0.25, 0.3) is 0 Å². The van der Waals surface area contributed by atoms with Crippen LogP contribution in [0, 0.1) is 0 Å². The molecule has 0 bridgehead atoms. The number of methoxy groups -OCH3 is 1. The molecule has 3 nitrogen and oxygen atoms in total. The number of hydrogen-bond donors (Lipinski definition) is 0. The van der Waals surface area contributed by atoms with Gasteiger partial charge < -0.3 is 9.64 Å². The van der Waals surface area contributed by atoms with Gasteiger partial charge in [-0.1, -0.05) is 11.6 Å². The molecule has 0 saturated heterocycles. The van der Waals surface area contributed by atoms with E-state index >= 15 is 0 Å². The fraction of sp³-hybridized carbons (Fsp3) is 0.154. The molecule has 0 unspecified atom stereocenters. The zero-order chi connectivity index (χ0) is 13.1. The Labute approximate surface area is 119 Å².